The molecular formula is C15H16ClN5O2S. The van der Waals surface area contributed by atoms with Crippen molar-refractivity contribution in [2.75, 3.05) is 19.6 Å². The monoisotopic (exact) mass is 365 g/mol. The Bertz CT molecular complexity index is 903. The Hall–Kier alpha value is -1.92. The lowest BCUT2D eigenvalue weighted by molar-refractivity contribution is 0.258. The van der Waals surface area contributed by atoms with Crippen molar-refractivity contribution >= 4 is 21.6 Å². The van der Waals surface area contributed by atoms with Crippen LogP contribution in [0.1, 0.15) is 17.4 Å². The van der Waals surface area contributed by atoms with Gasteiger partial charge < -0.3 is 9.88 Å². The fourth-order valence-corrected chi connectivity index (χ4v) is 4.67. The number of piperazine rings is 1. The van der Waals surface area contributed by atoms with E-state index in [9.17, 15) is 8.42 Å². The molecule has 1 saturated heterocycles. The van der Waals surface area contributed by atoms with E-state index in [0.29, 0.717) is 25.5 Å². The number of nitrogens with zero attached hydrogens (tertiary/aromatic N) is 4. The van der Waals surface area contributed by atoms with Crippen molar-refractivity contribution in [2.24, 2.45) is 7.05 Å². The predicted molar refractivity (Wildman–Crippen MR) is 88.9 cm³/mol. The number of imidazole rings is 1. The molecular weight excluding hydrogens is 350 g/mol. The minimum absolute atomic E-state index is 0.0765. The quantitative estimate of drug-likeness (QED) is 0.884. The number of nitrogens with one attached hydrogen (secondary N) is 1. The Kier molecular flexibility index (Phi) is 4.60. The topological polar surface area (TPSA) is 91.0 Å². The molecule has 0 aliphatic carbocycles. The van der Waals surface area contributed by atoms with Gasteiger partial charge in [-0.25, -0.2) is 13.4 Å². The lowest BCUT2D eigenvalue weighted by Gasteiger charge is -2.34. The summed E-state index contributed by atoms with van der Waals surface area (Å²) in [6.07, 6.45) is 3.43. The first-order chi connectivity index (χ1) is 11.4. The van der Waals surface area contributed by atoms with E-state index in [2.05, 4.69) is 10.3 Å². The highest BCUT2D eigenvalue weighted by Gasteiger charge is 2.36. The Morgan fingerprint density at radius 2 is 2.25 bits per heavy atom. The number of halogens is 1. The fourth-order valence-electron chi connectivity index (χ4n) is 2.77. The third kappa shape index (κ3) is 2.91. The molecule has 0 saturated carbocycles. The van der Waals surface area contributed by atoms with Crippen LogP contribution in [0, 0.1) is 11.3 Å². The van der Waals surface area contributed by atoms with Gasteiger partial charge in [0.1, 0.15) is 11.9 Å². The molecule has 2 aromatic rings. The highest BCUT2D eigenvalue weighted by atomic mass is 35.5. The van der Waals surface area contributed by atoms with Gasteiger partial charge in [0.15, 0.2) is 0 Å². The number of hydrogen-bond donors (Lipinski definition) is 1. The normalized spacial score (nSPS) is 19.1. The van der Waals surface area contributed by atoms with Crippen LogP contribution in [0.15, 0.2) is 35.5 Å². The van der Waals surface area contributed by atoms with Crippen LogP contribution in [0.4, 0.5) is 0 Å². The Morgan fingerprint density at radius 1 is 1.46 bits per heavy atom. The van der Waals surface area contributed by atoms with Gasteiger partial charge >= 0.3 is 0 Å². The number of nitriles is 1. The molecule has 0 radical (unpaired) electrons. The van der Waals surface area contributed by atoms with E-state index in [0.717, 1.165) is 0 Å². The van der Waals surface area contributed by atoms with Gasteiger partial charge in [-0.2, -0.15) is 9.57 Å². The maximum Gasteiger partial charge on any atom is 0.243 e. The van der Waals surface area contributed by atoms with E-state index in [1.54, 1.807) is 12.4 Å². The molecule has 1 aromatic carbocycles. The van der Waals surface area contributed by atoms with Crippen molar-refractivity contribution in [3.8, 4) is 6.07 Å². The Labute approximate surface area is 145 Å². The summed E-state index contributed by atoms with van der Waals surface area (Å²) >= 11 is 6.00. The summed E-state index contributed by atoms with van der Waals surface area (Å²) in [7, 11) is -1.92. The number of hydrogen-bond acceptors (Lipinski definition) is 5. The molecule has 1 fully saturated rings. The van der Waals surface area contributed by atoms with Crippen molar-refractivity contribution in [1.82, 2.24) is 19.2 Å². The Balaban J connectivity index is 2.02. The summed E-state index contributed by atoms with van der Waals surface area (Å²) in [5.41, 5.74) is 0.247. The molecule has 0 spiro atoms. The number of aromatic nitrogens is 2. The molecule has 1 aliphatic heterocycles. The molecule has 1 aromatic heterocycles. The molecule has 2 heterocycles. The maximum absolute atomic E-state index is 13.1. The zero-order chi connectivity index (χ0) is 17.3. The molecule has 1 aliphatic rings. The second-order valence-electron chi connectivity index (χ2n) is 5.49. The van der Waals surface area contributed by atoms with Crippen LogP contribution in [0.3, 0.4) is 0 Å². The maximum atomic E-state index is 13.1. The van der Waals surface area contributed by atoms with Gasteiger partial charge in [-0.3, -0.25) is 0 Å². The van der Waals surface area contributed by atoms with Gasteiger partial charge in [0.2, 0.25) is 10.0 Å². The average Bonchev–Trinajstić information content (AvgIpc) is 3.00. The van der Waals surface area contributed by atoms with Crippen molar-refractivity contribution < 1.29 is 8.42 Å². The van der Waals surface area contributed by atoms with E-state index >= 15 is 0 Å². The number of aryl methyl sites for hydroxylation is 1. The van der Waals surface area contributed by atoms with Crippen LogP contribution in [-0.2, 0) is 17.1 Å². The summed E-state index contributed by atoms with van der Waals surface area (Å²) < 4.78 is 29.4. The first kappa shape index (κ1) is 16.9. The van der Waals surface area contributed by atoms with Crippen LogP contribution in [0.2, 0.25) is 5.02 Å². The standard InChI is InChI=1S/C15H16ClN5O2S/c1-20-6-5-19-15(20)14-10-18-4-7-21(14)24(22,23)12-3-2-11(9-17)13(16)8-12/h2-3,5-6,8,14,18H,4,7,10H2,1H3. The molecule has 7 nitrogen and oxygen atoms in total. The summed E-state index contributed by atoms with van der Waals surface area (Å²) in [4.78, 5) is 4.37. The average molecular weight is 366 g/mol. The third-order valence-electron chi connectivity index (χ3n) is 4.02. The largest absolute Gasteiger partial charge is 0.337 e. The SMILES string of the molecule is Cn1ccnc1C1CNCCN1S(=O)(=O)c1ccc(C#N)c(Cl)c1. The van der Waals surface area contributed by atoms with Gasteiger partial charge in [-0.05, 0) is 18.2 Å². The van der Waals surface area contributed by atoms with E-state index in [1.165, 1.54) is 22.5 Å². The first-order valence-electron chi connectivity index (χ1n) is 7.34. The minimum atomic E-state index is -3.76. The molecule has 0 bridgehead atoms. The molecule has 9 heteroatoms. The Morgan fingerprint density at radius 3 is 2.88 bits per heavy atom. The van der Waals surface area contributed by atoms with Gasteiger partial charge in [-0.15, -0.1) is 0 Å². The molecule has 24 heavy (non-hydrogen) atoms. The van der Waals surface area contributed by atoms with Crippen LogP contribution < -0.4 is 5.32 Å². The van der Waals surface area contributed by atoms with Gasteiger partial charge in [0.25, 0.3) is 0 Å². The van der Waals surface area contributed by atoms with Crippen LogP contribution >= 0.6 is 11.6 Å². The zero-order valence-corrected chi connectivity index (χ0v) is 14.5. The van der Waals surface area contributed by atoms with Crippen LogP contribution in [0.25, 0.3) is 0 Å². The fraction of sp³-hybridized carbons (Fsp3) is 0.333. The van der Waals surface area contributed by atoms with Crippen molar-refractivity contribution in [3.05, 3.63) is 47.0 Å². The molecule has 1 unspecified atom stereocenters. The second kappa shape index (κ2) is 6.53. The lowest BCUT2D eigenvalue weighted by atomic mass is 10.2. The summed E-state index contributed by atoms with van der Waals surface area (Å²) in [6.45, 7) is 1.37. The van der Waals surface area contributed by atoms with E-state index in [-0.39, 0.29) is 15.5 Å². The van der Waals surface area contributed by atoms with Crippen LogP contribution in [-0.4, -0.2) is 41.9 Å². The van der Waals surface area contributed by atoms with Crippen molar-refractivity contribution in [2.45, 2.75) is 10.9 Å². The predicted octanol–water partition coefficient (Wildman–Crippen LogP) is 1.28. The minimum Gasteiger partial charge on any atom is -0.337 e. The van der Waals surface area contributed by atoms with Gasteiger partial charge in [0, 0.05) is 39.1 Å². The van der Waals surface area contributed by atoms with E-state index in [1.807, 2.05) is 17.7 Å². The summed E-state index contributed by atoms with van der Waals surface area (Å²) in [5, 5.41) is 12.3. The molecule has 0 amide bonds. The van der Waals surface area contributed by atoms with Crippen molar-refractivity contribution in [3.63, 3.8) is 0 Å². The summed E-state index contributed by atoms with van der Waals surface area (Å²) in [5.74, 6) is 0.672. The highest BCUT2D eigenvalue weighted by molar-refractivity contribution is 7.89. The highest BCUT2D eigenvalue weighted by Crippen LogP contribution is 2.29. The van der Waals surface area contributed by atoms with Crippen molar-refractivity contribution in [1.29, 1.82) is 5.26 Å². The summed E-state index contributed by atoms with van der Waals surface area (Å²) in [6, 6.07) is 5.69. The smallest absolute Gasteiger partial charge is 0.243 e. The number of benzene rings is 1. The zero-order valence-electron chi connectivity index (χ0n) is 13.0. The lowest BCUT2D eigenvalue weighted by Crippen LogP contribution is -2.49. The number of sulfonamides is 1. The van der Waals surface area contributed by atoms with E-state index in [4.69, 9.17) is 16.9 Å². The first-order valence-corrected chi connectivity index (χ1v) is 9.16. The molecule has 1 N–H and O–H groups in total. The number of rotatable bonds is 3. The van der Waals surface area contributed by atoms with Gasteiger partial charge in [-0.1, -0.05) is 11.6 Å². The van der Waals surface area contributed by atoms with E-state index < -0.39 is 16.1 Å². The van der Waals surface area contributed by atoms with Gasteiger partial charge in [0.05, 0.1) is 21.5 Å². The molecule has 3 rings (SSSR count). The molecule has 126 valence electrons. The van der Waals surface area contributed by atoms with Crippen LogP contribution in [0.5, 0.6) is 0 Å². The molecule has 1 atom stereocenters. The third-order valence-corrected chi connectivity index (χ3v) is 6.24. The second-order valence-corrected chi connectivity index (χ2v) is 7.78.